The molecular formula is C14H17N3. The predicted molar refractivity (Wildman–Crippen MR) is 68.0 cm³/mol. The van der Waals surface area contributed by atoms with Crippen LogP contribution in [-0.2, 0) is 0 Å². The number of nitriles is 1. The molecule has 0 aliphatic carbocycles. The standard InChI is InChI=1S/C14H17N3/c1-10-6-11(7-15)2-3-13(10)17-5-4-12-8-16-9-14(12)17/h2-3,6,12,14,16H,4-5,8-9H2,1H3/t12-,14+/m0/s1. The fourth-order valence-corrected chi connectivity index (χ4v) is 3.20. The second-order valence-electron chi connectivity index (χ2n) is 5.08. The summed E-state index contributed by atoms with van der Waals surface area (Å²) < 4.78 is 0. The Balaban J connectivity index is 1.92. The van der Waals surface area contributed by atoms with Gasteiger partial charge in [-0.1, -0.05) is 0 Å². The number of anilines is 1. The van der Waals surface area contributed by atoms with Crippen LogP contribution in [-0.4, -0.2) is 25.7 Å². The Morgan fingerprint density at radius 1 is 1.41 bits per heavy atom. The molecule has 0 amide bonds. The monoisotopic (exact) mass is 227 g/mol. The van der Waals surface area contributed by atoms with Gasteiger partial charge in [0.25, 0.3) is 0 Å². The van der Waals surface area contributed by atoms with Crippen LogP contribution in [0.2, 0.25) is 0 Å². The Morgan fingerprint density at radius 2 is 2.29 bits per heavy atom. The lowest BCUT2D eigenvalue weighted by Crippen LogP contribution is -2.34. The van der Waals surface area contributed by atoms with Crippen molar-refractivity contribution in [2.45, 2.75) is 19.4 Å². The molecule has 2 fully saturated rings. The van der Waals surface area contributed by atoms with Crippen molar-refractivity contribution in [2.24, 2.45) is 5.92 Å². The minimum Gasteiger partial charge on any atom is -0.367 e. The van der Waals surface area contributed by atoms with Crippen molar-refractivity contribution < 1.29 is 0 Å². The van der Waals surface area contributed by atoms with Crippen LogP contribution in [0.1, 0.15) is 17.5 Å². The first-order chi connectivity index (χ1) is 8.29. The van der Waals surface area contributed by atoms with E-state index in [1.54, 1.807) is 0 Å². The van der Waals surface area contributed by atoms with Gasteiger partial charge < -0.3 is 10.2 Å². The summed E-state index contributed by atoms with van der Waals surface area (Å²) in [5.74, 6) is 0.810. The van der Waals surface area contributed by atoms with Crippen molar-refractivity contribution in [3.63, 3.8) is 0 Å². The summed E-state index contributed by atoms with van der Waals surface area (Å²) in [6.07, 6.45) is 1.29. The third-order valence-corrected chi connectivity index (χ3v) is 4.08. The number of fused-ring (bicyclic) bond motifs is 1. The van der Waals surface area contributed by atoms with Gasteiger partial charge in [-0.05, 0) is 43.0 Å². The van der Waals surface area contributed by atoms with E-state index in [2.05, 4.69) is 29.3 Å². The Hall–Kier alpha value is -1.53. The van der Waals surface area contributed by atoms with Gasteiger partial charge in [0.15, 0.2) is 0 Å². The molecule has 2 aliphatic heterocycles. The van der Waals surface area contributed by atoms with E-state index >= 15 is 0 Å². The molecule has 2 aliphatic rings. The van der Waals surface area contributed by atoms with Crippen LogP contribution >= 0.6 is 0 Å². The highest BCUT2D eigenvalue weighted by atomic mass is 15.2. The Kier molecular flexibility index (Phi) is 2.53. The van der Waals surface area contributed by atoms with Crippen molar-refractivity contribution in [3.05, 3.63) is 29.3 Å². The van der Waals surface area contributed by atoms with E-state index in [0.717, 1.165) is 31.1 Å². The largest absolute Gasteiger partial charge is 0.367 e. The molecule has 17 heavy (non-hydrogen) atoms. The summed E-state index contributed by atoms with van der Waals surface area (Å²) in [6, 6.07) is 8.88. The summed E-state index contributed by atoms with van der Waals surface area (Å²) in [5.41, 5.74) is 3.28. The molecule has 1 aromatic carbocycles. The average molecular weight is 227 g/mol. The lowest BCUT2D eigenvalue weighted by molar-refractivity contribution is 0.578. The van der Waals surface area contributed by atoms with Crippen LogP contribution in [0, 0.1) is 24.2 Å². The summed E-state index contributed by atoms with van der Waals surface area (Å²) in [6.45, 7) is 5.52. The molecule has 0 aromatic heterocycles. The number of rotatable bonds is 1. The zero-order valence-corrected chi connectivity index (χ0v) is 10.1. The maximum atomic E-state index is 8.89. The summed E-state index contributed by atoms with van der Waals surface area (Å²) >= 11 is 0. The molecule has 88 valence electrons. The van der Waals surface area contributed by atoms with E-state index in [1.807, 2.05) is 12.1 Å². The third-order valence-electron chi connectivity index (χ3n) is 4.08. The van der Waals surface area contributed by atoms with Crippen LogP contribution in [0.4, 0.5) is 5.69 Å². The maximum Gasteiger partial charge on any atom is 0.0991 e. The minimum atomic E-state index is 0.654. The van der Waals surface area contributed by atoms with Gasteiger partial charge in [0.2, 0.25) is 0 Å². The van der Waals surface area contributed by atoms with Crippen LogP contribution in [0.15, 0.2) is 18.2 Å². The number of benzene rings is 1. The number of hydrogen-bond acceptors (Lipinski definition) is 3. The number of hydrogen-bond donors (Lipinski definition) is 1. The van der Waals surface area contributed by atoms with Crippen LogP contribution in [0.25, 0.3) is 0 Å². The quantitative estimate of drug-likeness (QED) is 0.793. The zero-order valence-electron chi connectivity index (χ0n) is 10.1. The van der Waals surface area contributed by atoms with Crippen LogP contribution < -0.4 is 10.2 Å². The van der Waals surface area contributed by atoms with Gasteiger partial charge in [-0.15, -0.1) is 0 Å². The number of nitrogens with one attached hydrogen (secondary N) is 1. The van der Waals surface area contributed by atoms with Crippen molar-refractivity contribution in [3.8, 4) is 6.07 Å². The highest BCUT2D eigenvalue weighted by molar-refractivity contribution is 5.58. The highest BCUT2D eigenvalue weighted by Crippen LogP contribution is 2.33. The lowest BCUT2D eigenvalue weighted by atomic mass is 10.0. The molecule has 1 aromatic rings. The van der Waals surface area contributed by atoms with Gasteiger partial charge in [0.05, 0.1) is 11.6 Å². The molecule has 2 heterocycles. The topological polar surface area (TPSA) is 39.1 Å². The SMILES string of the molecule is Cc1cc(C#N)ccc1N1CC[C@H]2CNC[C@H]21. The molecule has 0 bridgehead atoms. The first-order valence-electron chi connectivity index (χ1n) is 6.27. The van der Waals surface area contributed by atoms with Gasteiger partial charge in [-0.25, -0.2) is 0 Å². The summed E-state index contributed by atoms with van der Waals surface area (Å²) in [4.78, 5) is 2.52. The summed E-state index contributed by atoms with van der Waals surface area (Å²) in [7, 11) is 0. The molecule has 3 rings (SSSR count). The number of nitrogens with zero attached hydrogens (tertiary/aromatic N) is 2. The van der Waals surface area contributed by atoms with E-state index < -0.39 is 0 Å². The zero-order chi connectivity index (χ0) is 11.8. The Morgan fingerprint density at radius 3 is 3.06 bits per heavy atom. The van der Waals surface area contributed by atoms with Gasteiger partial charge in [0.1, 0.15) is 0 Å². The summed E-state index contributed by atoms with van der Waals surface area (Å²) in [5, 5.41) is 12.4. The van der Waals surface area contributed by atoms with E-state index in [1.165, 1.54) is 17.7 Å². The molecule has 0 radical (unpaired) electrons. The van der Waals surface area contributed by atoms with Crippen molar-refractivity contribution in [1.82, 2.24) is 5.32 Å². The molecule has 1 N–H and O–H groups in total. The number of aryl methyl sites for hydroxylation is 1. The molecule has 2 saturated heterocycles. The first-order valence-corrected chi connectivity index (χ1v) is 6.27. The van der Waals surface area contributed by atoms with Crippen molar-refractivity contribution in [2.75, 3.05) is 24.5 Å². The van der Waals surface area contributed by atoms with E-state index in [0.29, 0.717) is 6.04 Å². The molecular weight excluding hydrogens is 210 g/mol. The highest BCUT2D eigenvalue weighted by Gasteiger charge is 2.37. The van der Waals surface area contributed by atoms with Crippen molar-refractivity contribution in [1.29, 1.82) is 5.26 Å². The second-order valence-corrected chi connectivity index (χ2v) is 5.08. The average Bonchev–Trinajstić information content (AvgIpc) is 2.91. The molecule has 2 atom stereocenters. The molecule has 0 unspecified atom stereocenters. The Bertz CT molecular complexity index is 475. The molecule has 0 saturated carbocycles. The smallest absolute Gasteiger partial charge is 0.0991 e. The molecule has 3 heteroatoms. The minimum absolute atomic E-state index is 0.654. The predicted octanol–water partition coefficient (Wildman–Crippen LogP) is 1.66. The van der Waals surface area contributed by atoms with E-state index in [-0.39, 0.29) is 0 Å². The van der Waals surface area contributed by atoms with Crippen LogP contribution in [0.5, 0.6) is 0 Å². The van der Waals surface area contributed by atoms with Gasteiger partial charge in [0, 0.05) is 31.4 Å². The Labute approximate surface area is 102 Å². The lowest BCUT2D eigenvalue weighted by Gasteiger charge is -2.27. The fourth-order valence-electron chi connectivity index (χ4n) is 3.20. The molecule has 3 nitrogen and oxygen atoms in total. The fraction of sp³-hybridized carbons (Fsp3) is 0.500. The van der Waals surface area contributed by atoms with E-state index in [9.17, 15) is 0 Å². The maximum absolute atomic E-state index is 8.89. The molecule has 0 spiro atoms. The second kappa shape index (κ2) is 4.05. The van der Waals surface area contributed by atoms with Gasteiger partial charge in [-0.2, -0.15) is 5.26 Å². The van der Waals surface area contributed by atoms with Gasteiger partial charge >= 0.3 is 0 Å². The van der Waals surface area contributed by atoms with E-state index in [4.69, 9.17) is 5.26 Å². The third kappa shape index (κ3) is 1.69. The first kappa shape index (κ1) is 10.6. The van der Waals surface area contributed by atoms with Crippen molar-refractivity contribution >= 4 is 5.69 Å². The normalized spacial score (nSPS) is 26.9. The van der Waals surface area contributed by atoms with Crippen LogP contribution in [0.3, 0.4) is 0 Å². The van der Waals surface area contributed by atoms with Gasteiger partial charge in [-0.3, -0.25) is 0 Å².